The molecule has 1 aromatic carbocycles. The van der Waals surface area contributed by atoms with E-state index < -0.39 is 0 Å². The van der Waals surface area contributed by atoms with E-state index in [0.29, 0.717) is 16.3 Å². The molecule has 3 N–H and O–H groups in total. The Morgan fingerprint density at radius 2 is 1.92 bits per heavy atom. The van der Waals surface area contributed by atoms with E-state index in [4.69, 9.17) is 21.8 Å². The van der Waals surface area contributed by atoms with Crippen molar-refractivity contribution in [3.63, 3.8) is 0 Å². The number of furan rings is 1. The van der Waals surface area contributed by atoms with Gasteiger partial charge in [0.2, 0.25) is 0 Å². The molecule has 24 heavy (non-hydrogen) atoms. The monoisotopic (exact) mass is 370 g/mol. The van der Waals surface area contributed by atoms with Gasteiger partial charge in [-0.3, -0.25) is 4.79 Å². The van der Waals surface area contributed by atoms with E-state index in [9.17, 15) is 4.79 Å². The largest absolute Gasteiger partial charge is 0.467 e. The first-order valence-corrected chi connectivity index (χ1v) is 8.00. The van der Waals surface area contributed by atoms with Crippen molar-refractivity contribution in [3.05, 3.63) is 58.5 Å². The van der Waals surface area contributed by atoms with Crippen LogP contribution in [0.1, 0.15) is 54.9 Å². The third-order valence-electron chi connectivity index (χ3n) is 3.51. The van der Waals surface area contributed by atoms with Crippen LogP contribution in [0.2, 0.25) is 5.02 Å². The van der Waals surface area contributed by atoms with Gasteiger partial charge in [0.25, 0.3) is 5.91 Å². The summed E-state index contributed by atoms with van der Waals surface area (Å²) >= 11 is 5.96. The minimum absolute atomic E-state index is 0. The molecule has 1 amide bonds. The Labute approximate surface area is 154 Å². The van der Waals surface area contributed by atoms with Crippen LogP contribution in [0.15, 0.2) is 41.0 Å². The second kappa shape index (κ2) is 8.56. The maximum atomic E-state index is 12.5. The van der Waals surface area contributed by atoms with Crippen molar-refractivity contribution in [3.8, 4) is 0 Å². The number of nitrogens with one attached hydrogen (secondary N) is 1. The molecule has 0 aliphatic heterocycles. The second-order valence-corrected chi connectivity index (χ2v) is 7.28. The van der Waals surface area contributed by atoms with E-state index in [2.05, 4.69) is 26.1 Å². The van der Waals surface area contributed by atoms with Crippen molar-refractivity contribution in [2.45, 2.75) is 39.8 Å². The molecule has 2 aromatic rings. The quantitative estimate of drug-likeness (QED) is 0.799. The van der Waals surface area contributed by atoms with Crippen LogP contribution >= 0.6 is 24.0 Å². The molecule has 1 heterocycles. The summed E-state index contributed by atoms with van der Waals surface area (Å²) < 4.78 is 5.24. The fourth-order valence-corrected chi connectivity index (χ4v) is 2.53. The standard InChI is InChI=1S/C18H23ClN2O2.ClH/c1-18(2,3)9-16(12-4-6-14(19)7-5-12)21-17(22)13-8-15(10-20)23-11-13;/h4-8,11,16H,9-10,20H2,1-3H3,(H,21,22);1H. The second-order valence-electron chi connectivity index (χ2n) is 6.85. The van der Waals surface area contributed by atoms with E-state index in [1.165, 1.54) is 6.26 Å². The van der Waals surface area contributed by atoms with Crippen LogP contribution in [-0.2, 0) is 6.54 Å². The molecule has 1 unspecified atom stereocenters. The molecule has 6 heteroatoms. The number of carbonyl (C=O) groups excluding carboxylic acids is 1. The molecule has 0 aliphatic carbocycles. The van der Waals surface area contributed by atoms with Crippen LogP contribution in [0, 0.1) is 5.41 Å². The van der Waals surface area contributed by atoms with Crippen molar-refractivity contribution in [1.82, 2.24) is 5.32 Å². The Balaban J connectivity index is 0.00000288. The molecule has 0 saturated carbocycles. The van der Waals surface area contributed by atoms with Gasteiger partial charge in [0.05, 0.1) is 18.2 Å². The van der Waals surface area contributed by atoms with Gasteiger partial charge in [0.1, 0.15) is 12.0 Å². The van der Waals surface area contributed by atoms with Crippen LogP contribution in [0.25, 0.3) is 0 Å². The van der Waals surface area contributed by atoms with Gasteiger partial charge in [0, 0.05) is 5.02 Å². The number of nitrogens with two attached hydrogens (primary N) is 1. The highest BCUT2D eigenvalue weighted by atomic mass is 35.5. The molecule has 1 aromatic heterocycles. The van der Waals surface area contributed by atoms with Gasteiger partial charge in [-0.25, -0.2) is 0 Å². The summed E-state index contributed by atoms with van der Waals surface area (Å²) in [6.07, 6.45) is 2.25. The molecule has 0 radical (unpaired) electrons. The molecule has 0 fully saturated rings. The van der Waals surface area contributed by atoms with E-state index in [1.54, 1.807) is 6.07 Å². The Hall–Kier alpha value is -1.49. The number of hydrogen-bond donors (Lipinski definition) is 2. The minimum atomic E-state index is -0.169. The fourth-order valence-electron chi connectivity index (χ4n) is 2.41. The Kier molecular flexibility index (Phi) is 7.33. The van der Waals surface area contributed by atoms with Crippen LogP contribution < -0.4 is 11.1 Å². The SMILES string of the molecule is CC(C)(C)CC(NC(=O)c1coc(CN)c1)c1ccc(Cl)cc1.Cl. The highest BCUT2D eigenvalue weighted by Gasteiger charge is 2.23. The molecule has 0 bridgehead atoms. The zero-order valence-corrected chi connectivity index (χ0v) is 15.7. The van der Waals surface area contributed by atoms with Gasteiger partial charge in [0.15, 0.2) is 0 Å². The van der Waals surface area contributed by atoms with Gasteiger partial charge < -0.3 is 15.5 Å². The van der Waals surface area contributed by atoms with Crippen molar-refractivity contribution in [2.24, 2.45) is 11.1 Å². The van der Waals surface area contributed by atoms with Gasteiger partial charge >= 0.3 is 0 Å². The molecule has 2 rings (SSSR count). The lowest BCUT2D eigenvalue weighted by Gasteiger charge is -2.27. The van der Waals surface area contributed by atoms with Gasteiger partial charge in [-0.05, 0) is 35.6 Å². The number of carbonyl (C=O) groups is 1. The predicted molar refractivity (Wildman–Crippen MR) is 99.6 cm³/mol. The van der Waals surface area contributed by atoms with Crippen molar-refractivity contribution >= 4 is 29.9 Å². The first kappa shape index (κ1) is 20.6. The maximum Gasteiger partial charge on any atom is 0.255 e. The third kappa shape index (κ3) is 5.86. The number of rotatable bonds is 5. The van der Waals surface area contributed by atoms with E-state index >= 15 is 0 Å². The van der Waals surface area contributed by atoms with Crippen LogP contribution in [-0.4, -0.2) is 5.91 Å². The van der Waals surface area contributed by atoms with Crippen LogP contribution in [0.3, 0.4) is 0 Å². The number of benzene rings is 1. The lowest BCUT2D eigenvalue weighted by molar-refractivity contribution is 0.0925. The fraction of sp³-hybridized carbons (Fsp3) is 0.389. The average molecular weight is 371 g/mol. The Morgan fingerprint density at radius 1 is 1.29 bits per heavy atom. The van der Waals surface area contributed by atoms with Crippen molar-refractivity contribution in [2.75, 3.05) is 0 Å². The molecule has 0 spiro atoms. The Bertz CT molecular complexity index is 660. The summed E-state index contributed by atoms with van der Waals surface area (Å²) in [5, 5.41) is 3.76. The van der Waals surface area contributed by atoms with Crippen LogP contribution in [0.5, 0.6) is 0 Å². The Morgan fingerprint density at radius 3 is 2.42 bits per heavy atom. The molecule has 4 nitrogen and oxygen atoms in total. The van der Waals surface area contributed by atoms with Gasteiger partial charge in [-0.2, -0.15) is 0 Å². The summed E-state index contributed by atoms with van der Waals surface area (Å²) in [6, 6.07) is 9.13. The van der Waals surface area contributed by atoms with Crippen molar-refractivity contribution in [1.29, 1.82) is 0 Å². The topological polar surface area (TPSA) is 68.3 Å². The maximum absolute atomic E-state index is 12.5. The minimum Gasteiger partial charge on any atom is -0.467 e. The highest BCUT2D eigenvalue weighted by molar-refractivity contribution is 6.30. The molecule has 0 aliphatic rings. The van der Waals surface area contributed by atoms with E-state index in [0.717, 1.165) is 12.0 Å². The number of halogens is 2. The lowest BCUT2D eigenvalue weighted by Crippen LogP contribution is -2.31. The van der Waals surface area contributed by atoms with E-state index in [-0.39, 0.29) is 36.3 Å². The molecular weight excluding hydrogens is 347 g/mol. The third-order valence-corrected chi connectivity index (χ3v) is 3.76. The first-order valence-electron chi connectivity index (χ1n) is 7.62. The smallest absolute Gasteiger partial charge is 0.255 e. The molecule has 1 atom stereocenters. The van der Waals surface area contributed by atoms with Crippen LogP contribution in [0.4, 0.5) is 0 Å². The first-order chi connectivity index (χ1) is 10.8. The van der Waals surface area contributed by atoms with Gasteiger partial charge in [-0.1, -0.05) is 44.5 Å². The summed E-state index contributed by atoms with van der Waals surface area (Å²) in [4.78, 5) is 12.5. The van der Waals surface area contributed by atoms with Gasteiger partial charge in [-0.15, -0.1) is 12.4 Å². The molecular formula is C18H24Cl2N2O2. The number of amides is 1. The average Bonchev–Trinajstić information content (AvgIpc) is 2.95. The zero-order valence-electron chi connectivity index (χ0n) is 14.1. The van der Waals surface area contributed by atoms with Crippen molar-refractivity contribution < 1.29 is 9.21 Å². The predicted octanol–water partition coefficient (Wildman–Crippen LogP) is 4.72. The molecule has 0 saturated heterocycles. The normalized spacial score (nSPS) is 12.4. The summed E-state index contributed by atoms with van der Waals surface area (Å²) in [7, 11) is 0. The highest BCUT2D eigenvalue weighted by Crippen LogP contribution is 2.30. The number of hydrogen-bond acceptors (Lipinski definition) is 3. The lowest BCUT2D eigenvalue weighted by atomic mass is 9.85. The van der Waals surface area contributed by atoms with E-state index in [1.807, 2.05) is 24.3 Å². The summed E-state index contributed by atoms with van der Waals surface area (Å²) in [5.41, 5.74) is 7.09. The summed E-state index contributed by atoms with van der Waals surface area (Å²) in [6.45, 7) is 6.71. The summed E-state index contributed by atoms with van der Waals surface area (Å²) in [5.74, 6) is 0.423. The molecule has 132 valence electrons. The zero-order chi connectivity index (χ0) is 17.0.